The van der Waals surface area contributed by atoms with Crippen LogP contribution in [0.2, 0.25) is 0 Å². The minimum absolute atomic E-state index is 0.110. The molecular weight excluding hydrogens is 270 g/mol. The van der Waals surface area contributed by atoms with Crippen LogP contribution >= 0.6 is 0 Å². The van der Waals surface area contributed by atoms with Gasteiger partial charge in [-0.3, -0.25) is 4.79 Å². The first-order valence-electron chi connectivity index (χ1n) is 7.84. The maximum atomic E-state index is 11.9. The minimum atomic E-state index is -0.466. The summed E-state index contributed by atoms with van der Waals surface area (Å²) in [5, 5.41) is 8.90. The van der Waals surface area contributed by atoms with Gasteiger partial charge in [0.05, 0.1) is 5.92 Å². The number of rotatable bonds is 6. The summed E-state index contributed by atoms with van der Waals surface area (Å²) in [6.45, 7) is 8.53. The Kier molecular flexibility index (Phi) is 7.50. The predicted molar refractivity (Wildman–Crippen MR) is 82.1 cm³/mol. The third-order valence-corrected chi connectivity index (χ3v) is 3.24. The van der Waals surface area contributed by atoms with Crippen LogP contribution in [-0.2, 0) is 9.53 Å². The van der Waals surface area contributed by atoms with Crippen LogP contribution in [0.25, 0.3) is 0 Å². The molecule has 0 radical (unpaired) electrons. The van der Waals surface area contributed by atoms with E-state index in [-0.39, 0.29) is 17.9 Å². The van der Waals surface area contributed by atoms with E-state index in [0.29, 0.717) is 13.1 Å². The number of carbonyl (C=O) groups is 2. The fourth-order valence-corrected chi connectivity index (χ4v) is 2.19. The first kappa shape index (κ1) is 17.8. The van der Waals surface area contributed by atoms with Crippen LogP contribution in [0, 0.1) is 5.92 Å². The maximum absolute atomic E-state index is 11.9. The number of unbranched alkanes of at least 4 members (excludes halogenated alkanes) is 1. The zero-order valence-electron chi connectivity index (χ0n) is 13.5. The summed E-state index contributed by atoms with van der Waals surface area (Å²) in [4.78, 5) is 23.3. The van der Waals surface area contributed by atoms with Crippen LogP contribution in [0.5, 0.6) is 0 Å². The molecule has 0 aliphatic carbocycles. The molecule has 3 N–H and O–H groups in total. The molecule has 21 heavy (non-hydrogen) atoms. The van der Waals surface area contributed by atoms with E-state index >= 15 is 0 Å². The van der Waals surface area contributed by atoms with Crippen LogP contribution in [0.4, 0.5) is 4.79 Å². The largest absolute Gasteiger partial charge is 0.444 e. The Morgan fingerprint density at radius 3 is 2.43 bits per heavy atom. The van der Waals surface area contributed by atoms with Gasteiger partial charge in [0.2, 0.25) is 5.91 Å². The van der Waals surface area contributed by atoms with Crippen LogP contribution in [0.3, 0.4) is 0 Å². The SMILES string of the molecule is CC(C)(C)OC(=O)NCCCCNC(=O)[C@@H]1CCCNC1. The summed E-state index contributed by atoms with van der Waals surface area (Å²) in [6.07, 6.45) is 3.32. The van der Waals surface area contributed by atoms with Crippen molar-refractivity contribution in [2.45, 2.75) is 52.1 Å². The van der Waals surface area contributed by atoms with Crippen molar-refractivity contribution in [1.29, 1.82) is 0 Å². The highest BCUT2D eigenvalue weighted by Gasteiger charge is 2.20. The molecule has 0 aromatic rings. The van der Waals surface area contributed by atoms with Gasteiger partial charge in [0, 0.05) is 19.6 Å². The molecule has 0 spiro atoms. The zero-order chi connectivity index (χ0) is 15.7. The Bertz CT molecular complexity index is 334. The van der Waals surface area contributed by atoms with Crippen LogP contribution in [0.15, 0.2) is 0 Å². The molecular formula is C15H29N3O3. The molecule has 0 unspecified atom stereocenters. The lowest BCUT2D eigenvalue weighted by Crippen LogP contribution is -2.40. The molecule has 2 amide bonds. The lowest BCUT2D eigenvalue weighted by atomic mass is 9.99. The summed E-state index contributed by atoms with van der Waals surface area (Å²) in [5.41, 5.74) is -0.466. The molecule has 1 heterocycles. The molecule has 0 saturated carbocycles. The fourth-order valence-electron chi connectivity index (χ4n) is 2.19. The van der Waals surface area contributed by atoms with E-state index in [2.05, 4.69) is 16.0 Å². The normalized spacial score (nSPS) is 18.9. The molecule has 0 aromatic heterocycles. The predicted octanol–water partition coefficient (Wildman–Crippen LogP) is 1.41. The number of amides is 2. The second-order valence-electron chi connectivity index (χ2n) is 6.47. The lowest BCUT2D eigenvalue weighted by molar-refractivity contribution is -0.125. The van der Waals surface area contributed by atoms with Crippen molar-refractivity contribution in [3.63, 3.8) is 0 Å². The Balaban J connectivity index is 1.99. The molecule has 1 aliphatic heterocycles. The van der Waals surface area contributed by atoms with Gasteiger partial charge in [-0.1, -0.05) is 0 Å². The first-order chi connectivity index (χ1) is 9.88. The molecule has 6 nitrogen and oxygen atoms in total. The number of carbonyl (C=O) groups excluding carboxylic acids is 2. The van der Waals surface area contributed by atoms with Gasteiger partial charge in [-0.2, -0.15) is 0 Å². The smallest absolute Gasteiger partial charge is 0.407 e. The van der Waals surface area contributed by atoms with Crippen molar-refractivity contribution in [2.75, 3.05) is 26.2 Å². The number of alkyl carbamates (subject to hydrolysis) is 1. The Morgan fingerprint density at radius 1 is 1.19 bits per heavy atom. The minimum Gasteiger partial charge on any atom is -0.444 e. The second-order valence-corrected chi connectivity index (χ2v) is 6.47. The second kappa shape index (κ2) is 8.87. The first-order valence-corrected chi connectivity index (χ1v) is 7.84. The summed E-state index contributed by atoms with van der Waals surface area (Å²) in [6, 6.07) is 0. The van der Waals surface area contributed by atoms with Crippen LogP contribution in [-0.4, -0.2) is 43.8 Å². The average Bonchev–Trinajstić information content (AvgIpc) is 2.41. The van der Waals surface area contributed by atoms with Gasteiger partial charge in [0.1, 0.15) is 5.60 Å². The van der Waals surface area contributed by atoms with Gasteiger partial charge in [-0.25, -0.2) is 4.79 Å². The summed E-state index contributed by atoms with van der Waals surface area (Å²) in [5.74, 6) is 0.251. The summed E-state index contributed by atoms with van der Waals surface area (Å²) >= 11 is 0. The molecule has 0 bridgehead atoms. The van der Waals surface area contributed by atoms with Crippen molar-refractivity contribution in [3.8, 4) is 0 Å². The highest BCUT2D eigenvalue weighted by atomic mass is 16.6. The maximum Gasteiger partial charge on any atom is 0.407 e. The van der Waals surface area contributed by atoms with Crippen LogP contribution < -0.4 is 16.0 Å². The van der Waals surface area contributed by atoms with Crippen molar-refractivity contribution < 1.29 is 14.3 Å². The Morgan fingerprint density at radius 2 is 1.86 bits per heavy atom. The van der Waals surface area contributed by atoms with Gasteiger partial charge in [-0.05, 0) is 53.0 Å². The van der Waals surface area contributed by atoms with Gasteiger partial charge in [0.25, 0.3) is 0 Å². The van der Waals surface area contributed by atoms with Crippen LogP contribution in [0.1, 0.15) is 46.5 Å². The summed E-state index contributed by atoms with van der Waals surface area (Å²) < 4.78 is 5.14. The molecule has 1 saturated heterocycles. The number of piperidine rings is 1. The number of hydrogen-bond donors (Lipinski definition) is 3. The summed E-state index contributed by atoms with van der Waals surface area (Å²) in [7, 11) is 0. The van der Waals surface area contributed by atoms with Crippen molar-refractivity contribution in [3.05, 3.63) is 0 Å². The number of nitrogens with one attached hydrogen (secondary N) is 3. The van der Waals surface area contributed by atoms with Gasteiger partial charge < -0.3 is 20.7 Å². The van der Waals surface area contributed by atoms with Crippen molar-refractivity contribution in [2.24, 2.45) is 5.92 Å². The number of hydrogen-bond acceptors (Lipinski definition) is 4. The van der Waals surface area contributed by atoms with E-state index in [0.717, 1.165) is 38.8 Å². The highest BCUT2D eigenvalue weighted by Crippen LogP contribution is 2.09. The monoisotopic (exact) mass is 299 g/mol. The van der Waals surface area contributed by atoms with Crippen molar-refractivity contribution in [1.82, 2.24) is 16.0 Å². The van der Waals surface area contributed by atoms with Gasteiger partial charge >= 0.3 is 6.09 Å². The van der Waals surface area contributed by atoms with E-state index in [4.69, 9.17) is 4.74 Å². The van der Waals surface area contributed by atoms with E-state index < -0.39 is 5.60 Å². The van der Waals surface area contributed by atoms with E-state index in [1.165, 1.54) is 0 Å². The topological polar surface area (TPSA) is 79.5 Å². The molecule has 1 fully saturated rings. The average molecular weight is 299 g/mol. The Hall–Kier alpha value is -1.30. The van der Waals surface area contributed by atoms with Gasteiger partial charge in [-0.15, -0.1) is 0 Å². The van der Waals surface area contributed by atoms with E-state index in [9.17, 15) is 9.59 Å². The fraction of sp³-hybridized carbons (Fsp3) is 0.867. The standard InChI is InChI=1S/C15H29N3O3/c1-15(2,3)21-14(20)18-10-5-4-9-17-13(19)12-7-6-8-16-11-12/h12,16H,4-11H2,1-3H3,(H,17,19)(H,18,20)/t12-/m1/s1. The molecule has 0 aromatic carbocycles. The van der Waals surface area contributed by atoms with E-state index in [1.807, 2.05) is 20.8 Å². The quantitative estimate of drug-likeness (QED) is 0.648. The van der Waals surface area contributed by atoms with E-state index in [1.54, 1.807) is 0 Å². The Labute approximate surface area is 127 Å². The molecule has 122 valence electrons. The molecule has 1 aliphatic rings. The third-order valence-electron chi connectivity index (χ3n) is 3.24. The zero-order valence-corrected chi connectivity index (χ0v) is 13.5. The lowest BCUT2D eigenvalue weighted by Gasteiger charge is -2.22. The van der Waals surface area contributed by atoms with Gasteiger partial charge in [0.15, 0.2) is 0 Å². The number of ether oxygens (including phenoxy) is 1. The molecule has 1 atom stereocenters. The molecule has 6 heteroatoms. The molecule has 1 rings (SSSR count). The third kappa shape index (κ3) is 8.55. The highest BCUT2D eigenvalue weighted by molar-refractivity contribution is 5.78. The van der Waals surface area contributed by atoms with Crippen molar-refractivity contribution >= 4 is 12.0 Å².